The predicted octanol–water partition coefficient (Wildman–Crippen LogP) is 2.00. The van der Waals surface area contributed by atoms with E-state index in [2.05, 4.69) is 21.4 Å². The fourth-order valence-electron chi connectivity index (χ4n) is 2.98. The van der Waals surface area contributed by atoms with Crippen molar-refractivity contribution in [1.29, 1.82) is 0 Å². The van der Waals surface area contributed by atoms with Crippen LogP contribution < -0.4 is 10.2 Å². The Morgan fingerprint density at radius 1 is 1.35 bits per heavy atom. The summed E-state index contributed by atoms with van der Waals surface area (Å²) in [6.45, 7) is 8.21. The van der Waals surface area contributed by atoms with Crippen molar-refractivity contribution in [2.45, 2.75) is 32.4 Å². The summed E-state index contributed by atoms with van der Waals surface area (Å²) in [6, 6.07) is -0.0719. The Morgan fingerprint density at radius 3 is 2.92 bits per heavy atom. The van der Waals surface area contributed by atoms with E-state index < -0.39 is 5.82 Å². The number of morpholine rings is 1. The zero-order valence-corrected chi connectivity index (χ0v) is 15.4. The van der Waals surface area contributed by atoms with Crippen molar-refractivity contribution in [3.63, 3.8) is 0 Å². The number of nitrogens with zero attached hydrogens (tertiary/aromatic N) is 3. The first-order valence-electron chi connectivity index (χ1n) is 9.08. The number of rotatable bonds is 6. The van der Waals surface area contributed by atoms with Crippen LogP contribution >= 0.6 is 0 Å². The highest BCUT2D eigenvalue weighted by Gasteiger charge is 2.27. The second-order valence-corrected chi connectivity index (χ2v) is 6.73. The largest absolute Gasteiger partial charge is 0.379 e. The zero-order chi connectivity index (χ0) is 18.4. The van der Waals surface area contributed by atoms with Crippen molar-refractivity contribution in [2.24, 2.45) is 0 Å². The number of aromatic nitrogens is 2. The van der Waals surface area contributed by atoms with Gasteiger partial charge in [-0.2, -0.15) is 4.98 Å². The van der Waals surface area contributed by atoms with E-state index in [4.69, 9.17) is 14.2 Å². The fraction of sp³-hybridized carbons (Fsp3) is 0.667. The number of halogens is 1. The molecule has 1 N–H and O–H groups in total. The average Bonchev–Trinajstić information content (AvgIpc) is 2.65. The third-order valence-corrected chi connectivity index (χ3v) is 4.45. The van der Waals surface area contributed by atoms with E-state index in [1.54, 1.807) is 0 Å². The third-order valence-electron chi connectivity index (χ3n) is 4.45. The normalized spacial score (nSPS) is 23.6. The van der Waals surface area contributed by atoms with E-state index in [0.717, 1.165) is 6.42 Å². The smallest absolute Gasteiger partial charge is 0.225 e. The van der Waals surface area contributed by atoms with Crippen LogP contribution in [0.2, 0.25) is 0 Å². The number of hydrogen-bond acceptors (Lipinski definition) is 7. The van der Waals surface area contributed by atoms with Crippen molar-refractivity contribution in [3.8, 4) is 0 Å². The molecule has 3 heterocycles. The Morgan fingerprint density at radius 2 is 2.15 bits per heavy atom. The molecule has 0 saturated carbocycles. The molecule has 2 fully saturated rings. The fourth-order valence-corrected chi connectivity index (χ4v) is 2.98. The SMILES string of the molecule is CC(C)=CCO[C@@H]1CCOC[C@@H]1Nc1ncc(F)c(N2CCOCC2)n1. The van der Waals surface area contributed by atoms with Gasteiger partial charge >= 0.3 is 0 Å². The van der Waals surface area contributed by atoms with E-state index in [0.29, 0.717) is 57.9 Å². The molecule has 0 amide bonds. The topological polar surface area (TPSA) is 68.7 Å². The minimum atomic E-state index is -0.422. The molecule has 7 nitrogen and oxygen atoms in total. The van der Waals surface area contributed by atoms with Crippen LogP contribution in [-0.2, 0) is 14.2 Å². The average molecular weight is 366 g/mol. The monoisotopic (exact) mass is 366 g/mol. The number of ether oxygens (including phenoxy) is 3. The molecule has 2 aliphatic heterocycles. The maximum Gasteiger partial charge on any atom is 0.225 e. The van der Waals surface area contributed by atoms with Crippen LogP contribution in [-0.4, -0.2) is 68.2 Å². The molecule has 0 aromatic carbocycles. The molecule has 0 bridgehead atoms. The summed E-state index contributed by atoms with van der Waals surface area (Å²) in [6.07, 6.45) is 4.06. The number of nitrogens with one attached hydrogen (secondary N) is 1. The molecule has 144 valence electrons. The summed E-state index contributed by atoms with van der Waals surface area (Å²) in [5.74, 6) is 0.275. The van der Waals surface area contributed by atoms with Crippen LogP contribution in [0, 0.1) is 5.82 Å². The van der Waals surface area contributed by atoms with E-state index in [1.807, 2.05) is 18.7 Å². The second-order valence-electron chi connectivity index (χ2n) is 6.73. The van der Waals surface area contributed by atoms with Gasteiger partial charge in [0.15, 0.2) is 11.6 Å². The third kappa shape index (κ3) is 5.12. The number of anilines is 2. The van der Waals surface area contributed by atoms with Crippen LogP contribution in [0.15, 0.2) is 17.8 Å². The van der Waals surface area contributed by atoms with Gasteiger partial charge in [-0.3, -0.25) is 0 Å². The van der Waals surface area contributed by atoms with Crippen molar-refractivity contribution in [2.75, 3.05) is 56.3 Å². The molecule has 0 radical (unpaired) electrons. The van der Waals surface area contributed by atoms with Gasteiger partial charge in [0, 0.05) is 19.7 Å². The maximum absolute atomic E-state index is 14.2. The Hall–Kier alpha value is -1.77. The van der Waals surface area contributed by atoms with Gasteiger partial charge in [0.05, 0.1) is 44.8 Å². The van der Waals surface area contributed by atoms with Gasteiger partial charge in [0.2, 0.25) is 5.95 Å². The molecule has 8 heteroatoms. The molecule has 2 saturated heterocycles. The van der Waals surface area contributed by atoms with E-state index in [-0.39, 0.29) is 12.1 Å². The summed E-state index contributed by atoms with van der Waals surface area (Å²) in [5, 5.41) is 3.26. The molecular formula is C18H27FN4O3. The summed E-state index contributed by atoms with van der Waals surface area (Å²) in [7, 11) is 0. The summed E-state index contributed by atoms with van der Waals surface area (Å²) in [4.78, 5) is 10.4. The van der Waals surface area contributed by atoms with Crippen LogP contribution in [0.1, 0.15) is 20.3 Å². The quantitative estimate of drug-likeness (QED) is 0.772. The van der Waals surface area contributed by atoms with Crippen molar-refractivity contribution < 1.29 is 18.6 Å². The van der Waals surface area contributed by atoms with Gasteiger partial charge in [-0.1, -0.05) is 11.6 Å². The Bertz CT molecular complexity index is 618. The molecule has 3 rings (SSSR count). The van der Waals surface area contributed by atoms with Crippen LogP contribution in [0.4, 0.5) is 16.2 Å². The molecule has 1 aromatic heterocycles. The highest BCUT2D eigenvalue weighted by atomic mass is 19.1. The molecular weight excluding hydrogens is 339 g/mol. The van der Waals surface area contributed by atoms with Gasteiger partial charge in [-0.05, 0) is 20.3 Å². The molecule has 1 aromatic rings. The standard InChI is InChI=1S/C18H27FN4O3/c1-13(2)3-8-26-16-4-7-25-12-15(16)21-18-20-11-14(19)17(22-18)23-5-9-24-10-6-23/h3,11,15-16H,4-10,12H2,1-2H3,(H,20,21,22)/t15-,16+/m0/s1. The van der Waals surface area contributed by atoms with E-state index in [9.17, 15) is 4.39 Å². The Balaban J connectivity index is 1.66. The van der Waals surface area contributed by atoms with Gasteiger partial charge in [0.25, 0.3) is 0 Å². The lowest BCUT2D eigenvalue weighted by molar-refractivity contribution is -0.0319. The molecule has 2 atom stereocenters. The lowest BCUT2D eigenvalue weighted by Crippen LogP contribution is -2.44. The lowest BCUT2D eigenvalue weighted by atomic mass is 10.1. The predicted molar refractivity (Wildman–Crippen MR) is 97.0 cm³/mol. The highest BCUT2D eigenvalue weighted by molar-refractivity contribution is 5.44. The minimum Gasteiger partial charge on any atom is -0.379 e. The Kier molecular flexibility index (Phi) is 6.76. The van der Waals surface area contributed by atoms with Crippen LogP contribution in [0.5, 0.6) is 0 Å². The summed E-state index contributed by atoms with van der Waals surface area (Å²) in [5.41, 5.74) is 1.22. The number of allylic oxidation sites excluding steroid dienone is 1. The van der Waals surface area contributed by atoms with E-state index in [1.165, 1.54) is 11.8 Å². The van der Waals surface area contributed by atoms with Crippen molar-refractivity contribution >= 4 is 11.8 Å². The van der Waals surface area contributed by atoms with Gasteiger partial charge < -0.3 is 24.4 Å². The first-order valence-corrected chi connectivity index (χ1v) is 9.08. The van der Waals surface area contributed by atoms with Gasteiger partial charge in [-0.25, -0.2) is 9.37 Å². The Labute approximate surface area is 153 Å². The molecule has 0 spiro atoms. The van der Waals surface area contributed by atoms with Crippen molar-refractivity contribution in [3.05, 3.63) is 23.7 Å². The molecule has 2 aliphatic rings. The number of hydrogen-bond donors (Lipinski definition) is 1. The maximum atomic E-state index is 14.2. The van der Waals surface area contributed by atoms with Gasteiger partial charge in [0.1, 0.15) is 0 Å². The molecule has 0 aliphatic carbocycles. The first-order chi connectivity index (χ1) is 12.6. The summed E-state index contributed by atoms with van der Waals surface area (Å²) < 4.78 is 31.0. The van der Waals surface area contributed by atoms with E-state index >= 15 is 0 Å². The zero-order valence-electron chi connectivity index (χ0n) is 15.4. The van der Waals surface area contributed by atoms with Crippen LogP contribution in [0.25, 0.3) is 0 Å². The second kappa shape index (κ2) is 9.25. The lowest BCUT2D eigenvalue weighted by Gasteiger charge is -2.32. The van der Waals surface area contributed by atoms with Crippen molar-refractivity contribution in [1.82, 2.24) is 9.97 Å². The van der Waals surface area contributed by atoms with Gasteiger partial charge in [-0.15, -0.1) is 0 Å². The molecule has 0 unspecified atom stereocenters. The highest BCUT2D eigenvalue weighted by Crippen LogP contribution is 2.21. The minimum absolute atomic E-state index is 0.000148. The van der Waals surface area contributed by atoms with Crippen LogP contribution in [0.3, 0.4) is 0 Å². The molecule has 26 heavy (non-hydrogen) atoms. The summed E-state index contributed by atoms with van der Waals surface area (Å²) >= 11 is 0. The first kappa shape index (κ1) is 19.0.